The van der Waals surface area contributed by atoms with Crippen LogP contribution in [0.3, 0.4) is 0 Å². The standard InChI is InChI=1S/C19H27NO4/c1-17(2)23-16-9-18(3,21)15-11-20(12-19(15,16)24-17)10-13-7-5-6-8-14(13)22-4/h5-8,15-16,21H,9-12H2,1-4H3/t15-,16-,18+,19+/m1/s1. The summed E-state index contributed by atoms with van der Waals surface area (Å²) in [5.74, 6) is 0.380. The van der Waals surface area contributed by atoms with Gasteiger partial charge in [-0.15, -0.1) is 0 Å². The third-order valence-corrected chi connectivity index (χ3v) is 5.84. The highest BCUT2D eigenvalue weighted by Gasteiger charge is 2.70. The third-order valence-electron chi connectivity index (χ3n) is 5.84. The molecule has 1 spiro atoms. The van der Waals surface area contributed by atoms with Crippen molar-refractivity contribution < 1.29 is 19.3 Å². The van der Waals surface area contributed by atoms with Crippen LogP contribution in [0.2, 0.25) is 0 Å². The Morgan fingerprint density at radius 3 is 2.79 bits per heavy atom. The van der Waals surface area contributed by atoms with Crippen molar-refractivity contribution in [2.24, 2.45) is 5.92 Å². The Morgan fingerprint density at radius 1 is 1.29 bits per heavy atom. The summed E-state index contributed by atoms with van der Waals surface area (Å²) in [5.41, 5.74) is -0.00291. The van der Waals surface area contributed by atoms with Crippen LogP contribution in [0.5, 0.6) is 5.75 Å². The molecule has 2 saturated heterocycles. The lowest BCUT2D eigenvalue weighted by Crippen LogP contribution is -2.46. The second-order valence-electron chi connectivity index (χ2n) is 8.16. The lowest BCUT2D eigenvalue weighted by molar-refractivity contribution is -0.188. The highest BCUT2D eigenvalue weighted by atomic mass is 16.8. The zero-order valence-electron chi connectivity index (χ0n) is 14.9. The Kier molecular flexibility index (Phi) is 3.52. The van der Waals surface area contributed by atoms with Crippen LogP contribution in [0.25, 0.3) is 0 Å². The summed E-state index contributed by atoms with van der Waals surface area (Å²) in [4.78, 5) is 2.36. The second-order valence-corrected chi connectivity index (χ2v) is 8.16. The summed E-state index contributed by atoms with van der Waals surface area (Å²) in [5, 5.41) is 10.9. The first kappa shape index (κ1) is 16.3. The van der Waals surface area contributed by atoms with E-state index in [0.29, 0.717) is 6.42 Å². The van der Waals surface area contributed by atoms with E-state index in [2.05, 4.69) is 11.0 Å². The minimum absolute atomic E-state index is 0.0461. The minimum Gasteiger partial charge on any atom is -0.496 e. The fourth-order valence-corrected chi connectivity index (χ4v) is 5.01. The molecular weight excluding hydrogens is 306 g/mol. The predicted molar refractivity (Wildman–Crippen MR) is 89.8 cm³/mol. The van der Waals surface area contributed by atoms with Gasteiger partial charge in [0, 0.05) is 37.5 Å². The summed E-state index contributed by atoms with van der Waals surface area (Å²) in [6.45, 7) is 8.23. The zero-order chi connectivity index (χ0) is 17.2. The maximum atomic E-state index is 10.9. The molecule has 0 amide bonds. The van der Waals surface area contributed by atoms with Crippen molar-refractivity contribution >= 4 is 0 Å². The molecule has 1 saturated carbocycles. The summed E-state index contributed by atoms with van der Waals surface area (Å²) in [6.07, 6.45) is 0.596. The number of methoxy groups -OCH3 is 1. The van der Waals surface area contributed by atoms with Gasteiger partial charge in [-0.1, -0.05) is 18.2 Å². The molecule has 0 aromatic heterocycles. The first-order valence-corrected chi connectivity index (χ1v) is 8.70. The molecule has 1 aromatic rings. The van der Waals surface area contributed by atoms with Gasteiger partial charge in [-0.3, -0.25) is 4.90 Å². The topological polar surface area (TPSA) is 51.2 Å². The number of nitrogens with zero attached hydrogens (tertiary/aromatic N) is 1. The SMILES string of the molecule is COc1ccccc1CN1C[C@H]2[C@]3(C1)OC(C)(C)O[C@@H]3C[C@]2(C)O. The van der Waals surface area contributed by atoms with Gasteiger partial charge in [0.25, 0.3) is 0 Å². The third kappa shape index (κ3) is 2.37. The first-order chi connectivity index (χ1) is 11.3. The van der Waals surface area contributed by atoms with Gasteiger partial charge >= 0.3 is 0 Å². The molecule has 1 aromatic carbocycles. The Hall–Kier alpha value is -1.14. The van der Waals surface area contributed by atoms with Crippen molar-refractivity contribution in [2.75, 3.05) is 20.2 Å². The number of hydrogen-bond acceptors (Lipinski definition) is 5. The average Bonchev–Trinajstić information content (AvgIpc) is 3.02. The lowest BCUT2D eigenvalue weighted by Gasteiger charge is -2.32. The quantitative estimate of drug-likeness (QED) is 0.919. The summed E-state index contributed by atoms with van der Waals surface area (Å²) in [7, 11) is 1.70. The van der Waals surface area contributed by atoms with Crippen molar-refractivity contribution in [1.29, 1.82) is 0 Å². The van der Waals surface area contributed by atoms with Gasteiger partial charge in [0.1, 0.15) is 11.4 Å². The molecule has 0 unspecified atom stereocenters. The van der Waals surface area contributed by atoms with E-state index < -0.39 is 17.0 Å². The van der Waals surface area contributed by atoms with E-state index >= 15 is 0 Å². The van der Waals surface area contributed by atoms with E-state index in [9.17, 15) is 5.11 Å². The molecule has 1 N–H and O–H groups in total. The molecule has 4 rings (SSSR count). The Morgan fingerprint density at radius 2 is 2.04 bits per heavy atom. The smallest absolute Gasteiger partial charge is 0.164 e. The van der Waals surface area contributed by atoms with Crippen molar-refractivity contribution in [2.45, 2.75) is 56.8 Å². The van der Waals surface area contributed by atoms with E-state index in [0.717, 1.165) is 30.9 Å². The van der Waals surface area contributed by atoms with Gasteiger partial charge in [0.05, 0.1) is 18.8 Å². The average molecular weight is 333 g/mol. The molecule has 0 bridgehead atoms. The van der Waals surface area contributed by atoms with Crippen LogP contribution >= 0.6 is 0 Å². The van der Waals surface area contributed by atoms with E-state index in [4.69, 9.17) is 14.2 Å². The van der Waals surface area contributed by atoms with Crippen LogP contribution in [-0.2, 0) is 16.0 Å². The largest absolute Gasteiger partial charge is 0.496 e. The zero-order valence-corrected chi connectivity index (χ0v) is 14.9. The maximum Gasteiger partial charge on any atom is 0.164 e. The predicted octanol–water partition coefficient (Wildman–Crippen LogP) is 2.17. The van der Waals surface area contributed by atoms with Crippen LogP contribution in [0, 0.1) is 5.92 Å². The first-order valence-electron chi connectivity index (χ1n) is 8.70. The van der Waals surface area contributed by atoms with Crippen LogP contribution in [-0.4, -0.2) is 53.3 Å². The fourth-order valence-electron chi connectivity index (χ4n) is 5.01. The van der Waals surface area contributed by atoms with Crippen LogP contribution in [0.15, 0.2) is 24.3 Å². The lowest BCUT2D eigenvalue weighted by atomic mass is 9.86. The Bertz CT molecular complexity index is 644. The van der Waals surface area contributed by atoms with Gasteiger partial charge in [0.2, 0.25) is 0 Å². The van der Waals surface area contributed by atoms with Gasteiger partial charge in [0.15, 0.2) is 5.79 Å². The molecule has 1 aliphatic carbocycles. The minimum atomic E-state index is -0.753. The molecule has 132 valence electrons. The fraction of sp³-hybridized carbons (Fsp3) is 0.684. The number of rotatable bonds is 3. The van der Waals surface area contributed by atoms with Crippen LogP contribution in [0.4, 0.5) is 0 Å². The maximum absolute atomic E-state index is 10.9. The number of ether oxygens (including phenoxy) is 3. The van der Waals surface area contributed by atoms with Crippen LogP contribution in [0.1, 0.15) is 32.8 Å². The number of benzene rings is 1. The molecule has 2 heterocycles. The molecule has 5 nitrogen and oxygen atoms in total. The highest BCUT2D eigenvalue weighted by molar-refractivity contribution is 5.33. The van der Waals surface area contributed by atoms with Gasteiger partial charge in [-0.2, -0.15) is 0 Å². The number of likely N-dealkylation sites (tertiary alicyclic amines) is 1. The van der Waals surface area contributed by atoms with Crippen molar-refractivity contribution in [3.63, 3.8) is 0 Å². The highest BCUT2D eigenvalue weighted by Crippen LogP contribution is 2.57. The molecule has 0 radical (unpaired) electrons. The normalized spacial score (nSPS) is 40.5. The molecule has 2 aliphatic heterocycles. The van der Waals surface area contributed by atoms with Crippen molar-refractivity contribution in [1.82, 2.24) is 4.90 Å². The van der Waals surface area contributed by atoms with E-state index in [1.807, 2.05) is 39.0 Å². The summed E-state index contributed by atoms with van der Waals surface area (Å²) < 4.78 is 18.0. The van der Waals surface area contributed by atoms with E-state index in [-0.39, 0.29) is 12.0 Å². The Labute approximate surface area is 143 Å². The van der Waals surface area contributed by atoms with Crippen molar-refractivity contribution in [3.05, 3.63) is 29.8 Å². The second kappa shape index (κ2) is 5.18. The van der Waals surface area contributed by atoms with Gasteiger partial charge < -0.3 is 19.3 Å². The monoisotopic (exact) mass is 333 g/mol. The molecule has 24 heavy (non-hydrogen) atoms. The molecule has 3 aliphatic rings. The molecular formula is C19H27NO4. The number of hydrogen-bond donors (Lipinski definition) is 1. The Balaban J connectivity index is 1.60. The van der Waals surface area contributed by atoms with E-state index in [1.165, 1.54) is 0 Å². The van der Waals surface area contributed by atoms with Crippen molar-refractivity contribution in [3.8, 4) is 5.75 Å². The number of para-hydroxylation sites is 1. The van der Waals surface area contributed by atoms with Crippen LogP contribution < -0.4 is 4.74 Å². The summed E-state index contributed by atoms with van der Waals surface area (Å²) in [6, 6.07) is 8.10. The van der Waals surface area contributed by atoms with Gasteiger partial charge in [-0.25, -0.2) is 0 Å². The number of aliphatic hydroxyl groups is 1. The molecule has 3 fully saturated rings. The molecule has 5 heteroatoms. The van der Waals surface area contributed by atoms with Gasteiger partial charge in [-0.05, 0) is 26.8 Å². The molecule has 4 atom stereocenters. The summed E-state index contributed by atoms with van der Waals surface area (Å²) >= 11 is 0. The van der Waals surface area contributed by atoms with E-state index in [1.54, 1.807) is 7.11 Å².